The van der Waals surface area contributed by atoms with E-state index in [1.165, 1.54) is 5.56 Å². The number of benzene rings is 1. The van der Waals surface area contributed by atoms with Crippen molar-refractivity contribution in [1.82, 2.24) is 14.7 Å². The highest BCUT2D eigenvalue weighted by molar-refractivity contribution is 5.78. The quantitative estimate of drug-likeness (QED) is 0.690. The molecule has 0 saturated carbocycles. The number of piperazine rings is 1. The van der Waals surface area contributed by atoms with E-state index >= 15 is 0 Å². The average Bonchev–Trinajstić information content (AvgIpc) is 2.63. The van der Waals surface area contributed by atoms with Crippen LogP contribution >= 0.6 is 0 Å². The maximum Gasteiger partial charge on any atom is 0.236 e. The van der Waals surface area contributed by atoms with E-state index < -0.39 is 0 Å². The highest BCUT2D eigenvalue weighted by Crippen LogP contribution is 2.06. The lowest BCUT2D eigenvalue weighted by Crippen LogP contribution is -2.51. The summed E-state index contributed by atoms with van der Waals surface area (Å²) in [7, 11) is 0. The monoisotopic (exact) mass is 343 g/mol. The molecule has 1 saturated heterocycles. The Morgan fingerprint density at radius 2 is 1.68 bits per heavy atom. The van der Waals surface area contributed by atoms with Crippen molar-refractivity contribution in [2.45, 2.75) is 26.7 Å². The first-order chi connectivity index (χ1) is 12.2. The third-order valence-electron chi connectivity index (χ3n) is 4.64. The average molecular weight is 344 g/mol. The van der Waals surface area contributed by atoms with Crippen molar-refractivity contribution in [3.05, 3.63) is 42.0 Å². The summed E-state index contributed by atoms with van der Waals surface area (Å²) in [6.45, 7) is 11.6. The van der Waals surface area contributed by atoms with E-state index in [1.54, 1.807) is 0 Å². The van der Waals surface area contributed by atoms with Crippen LogP contribution in [0.4, 0.5) is 0 Å². The van der Waals surface area contributed by atoms with Crippen molar-refractivity contribution in [2.24, 2.45) is 0 Å². The lowest BCUT2D eigenvalue weighted by atomic mass is 10.2. The smallest absolute Gasteiger partial charge is 0.236 e. The van der Waals surface area contributed by atoms with Crippen molar-refractivity contribution in [2.75, 3.05) is 52.4 Å². The Balaban J connectivity index is 1.71. The lowest BCUT2D eigenvalue weighted by Gasteiger charge is -2.35. The highest BCUT2D eigenvalue weighted by atomic mass is 16.2. The fourth-order valence-corrected chi connectivity index (χ4v) is 3.28. The first kappa shape index (κ1) is 19.7. The van der Waals surface area contributed by atoms with Gasteiger partial charge in [0.1, 0.15) is 0 Å². The first-order valence-electron chi connectivity index (χ1n) is 9.67. The summed E-state index contributed by atoms with van der Waals surface area (Å²) in [6, 6.07) is 10.4. The van der Waals surface area contributed by atoms with Gasteiger partial charge in [-0.1, -0.05) is 56.3 Å². The number of amides is 1. The van der Waals surface area contributed by atoms with Gasteiger partial charge in [-0.25, -0.2) is 0 Å². The van der Waals surface area contributed by atoms with Crippen LogP contribution in [0.5, 0.6) is 0 Å². The van der Waals surface area contributed by atoms with Crippen molar-refractivity contribution < 1.29 is 4.79 Å². The molecule has 138 valence electrons. The second-order valence-corrected chi connectivity index (χ2v) is 6.77. The molecule has 2 rings (SSSR count). The zero-order valence-corrected chi connectivity index (χ0v) is 15.9. The topological polar surface area (TPSA) is 26.8 Å². The molecule has 25 heavy (non-hydrogen) atoms. The SMILES string of the molecule is CCCN(CCC)CC(=O)N1CCN(C/C=C/c2ccccc2)CC1. The Hall–Kier alpha value is -1.65. The van der Waals surface area contributed by atoms with Gasteiger partial charge in [-0.2, -0.15) is 0 Å². The minimum atomic E-state index is 0.293. The molecule has 0 spiro atoms. The molecule has 0 aromatic heterocycles. The van der Waals surface area contributed by atoms with Gasteiger partial charge in [0.2, 0.25) is 5.91 Å². The molecule has 1 aromatic rings. The number of nitrogens with zero attached hydrogens (tertiary/aromatic N) is 3. The zero-order valence-electron chi connectivity index (χ0n) is 15.9. The first-order valence-corrected chi connectivity index (χ1v) is 9.67. The lowest BCUT2D eigenvalue weighted by molar-refractivity contribution is -0.134. The summed E-state index contributed by atoms with van der Waals surface area (Å²) in [5.74, 6) is 0.293. The predicted molar refractivity (Wildman–Crippen MR) is 106 cm³/mol. The summed E-state index contributed by atoms with van der Waals surface area (Å²) in [5, 5.41) is 0. The van der Waals surface area contributed by atoms with Gasteiger partial charge >= 0.3 is 0 Å². The van der Waals surface area contributed by atoms with Crippen molar-refractivity contribution in [3.8, 4) is 0 Å². The summed E-state index contributed by atoms with van der Waals surface area (Å²) in [6.07, 6.45) is 6.60. The molecule has 0 radical (unpaired) electrons. The zero-order chi connectivity index (χ0) is 17.9. The van der Waals surface area contributed by atoms with E-state index in [9.17, 15) is 4.79 Å². The van der Waals surface area contributed by atoms with Crippen LogP contribution in [0.15, 0.2) is 36.4 Å². The van der Waals surface area contributed by atoms with Crippen LogP contribution in [-0.2, 0) is 4.79 Å². The standard InChI is InChI=1S/C21H33N3O/c1-3-12-23(13-4-2)19-21(25)24-17-15-22(16-18-24)14-8-11-20-9-6-5-7-10-20/h5-11H,3-4,12-19H2,1-2H3/b11-8+. The largest absolute Gasteiger partial charge is 0.339 e. The number of hydrogen-bond acceptors (Lipinski definition) is 3. The van der Waals surface area contributed by atoms with Crippen LogP contribution in [0, 0.1) is 0 Å². The number of hydrogen-bond donors (Lipinski definition) is 0. The number of carbonyl (C=O) groups excluding carboxylic acids is 1. The Kier molecular flexibility index (Phi) is 8.70. The second-order valence-electron chi connectivity index (χ2n) is 6.77. The Bertz CT molecular complexity index is 515. The predicted octanol–water partition coefficient (Wildman–Crippen LogP) is 2.97. The van der Waals surface area contributed by atoms with E-state index in [0.29, 0.717) is 12.5 Å². The molecule has 1 aromatic carbocycles. The van der Waals surface area contributed by atoms with Gasteiger partial charge in [0.25, 0.3) is 0 Å². The van der Waals surface area contributed by atoms with Crippen LogP contribution in [0.25, 0.3) is 6.08 Å². The van der Waals surface area contributed by atoms with Crippen LogP contribution in [0.1, 0.15) is 32.3 Å². The molecule has 0 bridgehead atoms. The van der Waals surface area contributed by atoms with Gasteiger partial charge < -0.3 is 4.90 Å². The van der Waals surface area contributed by atoms with Crippen LogP contribution in [-0.4, -0.2) is 73.0 Å². The minimum absolute atomic E-state index is 0.293. The molecule has 1 aliphatic rings. The molecule has 1 aliphatic heterocycles. The summed E-state index contributed by atoms with van der Waals surface area (Å²) < 4.78 is 0. The van der Waals surface area contributed by atoms with Gasteiger partial charge in [-0.05, 0) is 31.5 Å². The van der Waals surface area contributed by atoms with Gasteiger partial charge in [0.15, 0.2) is 0 Å². The van der Waals surface area contributed by atoms with E-state index in [2.05, 4.69) is 60.1 Å². The maximum absolute atomic E-state index is 12.5. The molecular formula is C21H33N3O. The van der Waals surface area contributed by atoms with Crippen LogP contribution < -0.4 is 0 Å². The Morgan fingerprint density at radius 3 is 2.28 bits per heavy atom. The molecule has 0 aliphatic carbocycles. The fraction of sp³-hybridized carbons (Fsp3) is 0.571. The minimum Gasteiger partial charge on any atom is -0.339 e. The maximum atomic E-state index is 12.5. The summed E-state index contributed by atoms with van der Waals surface area (Å²) >= 11 is 0. The molecule has 4 heteroatoms. The van der Waals surface area contributed by atoms with Gasteiger partial charge in [-0.15, -0.1) is 0 Å². The van der Waals surface area contributed by atoms with Crippen LogP contribution in [0.2, 0.25) is 0 Å². The third-order valence-corrected chi connectivity index (χ3v) is 4.64. The van der Waals surface area contributed by atoms with Crippen molar-refractivity contribution >= 4 is 12.0 Å². The molecule has 1 heterocycles. The Labute approximate surface area is 153 Å². The molecule has 0 unspecified atom stereocenters. The van der Waals surface area contributed by atoms with E-state index in [0.717, 1.165) is 58.7 Å². The van der Waals surface area contributed by atoms with Crippen molar-refractivity contribution in [1.29, 1.82) is 0 Å². The Morgan fingerprint density at radius 1 is 1.04 bits per heavy atom. The molecule has 4 nitrogen and oxygen atoms in total. The molecular weight excluding hydrogens is 310 g/mol. The molecule has 0 atom stereocenters. The molecule has 1 amide bonds. The van der Waals surface area contributed by atoms with Crippen LogP contribution in [0.3, 0.4) is 0 Å². The van der Waals surface area contributed by atoms with Gasteiger partial charge in [0, 0.05) is 32.7 Å². The van der Waals surface area contributed by atoms with E-state index in [-0.39, 0.29) is 0 Å². The van der Waals surface area contributed by atoms with E-state index in [4.69, 9.17) is 0 Å². The second kappa shape index (κ2) is 11.1. The third kappa shape index (κ3) is 7.00. The fourth-order valence-electron chi connectivity index (χ4n) is 3.28. The number of rotatable bonds is 9. The normalized spacial score (nSPS) is 16.0. The summed E-state index contributed by atoms with van der Waals surface area (Å²) in [5.41, 5.74) is 1.24. The van der Waals surface area contributed by atoms with Crippen molar-refractivity contribution in [3.63, 3.8) is 0 Å². The van der Waals surface area contributed by atoms with Gasteiger partial charge in [0.05, 0.1) is 6.54 Å². The molecule has 0 N–H and O–H groups in total. The summed E-state index contributed by atoms with van der Waals surface area (Å²) in [4.78, 5) is 19.3. The molecule has 1 fully saturated rings. The number of carbonyl (C=O) groups is 1. The highest BCUT2D eigenvalue weighted by Gasteiger charge is 2.21. The van der Waals surface area contributed by atoms with E-state index in [1.807, 2.05) is 11.0 Å². The van der Waals surface area contributed by atoms with Gasteiger partial charge in [-0.3, -0.25) is 14.6 Å².